The molecule has 2 aromatic rings. The average molecular weight is 482 g/mol. The van der Waals surface area contributed by atoms with Crippen molar-refractivity contribution in [1.29, 1.82) is 0 Å². The van der Waals surface area contributed by atoms with Crippen LogP contribution in [0.25, 0.3) is 0 Å². The van der Waals surface area contributed by atoms with Crippen LogP contribution in [-0.4, -0.2) is 63.6 Å². The predicted octanol–water partition coefficient (Wildman–Crippen LogP) is 4.00. The predicted molar refractivity (Wildman–Crippen MR) is 136 cm³/mol. The molecule has 1 unspecified atom stereocenters. The van der Waals surface area contributed by atoms with Crippen molar-refractivity contribution in [2.24, 2.45) is 5.92 Å². The number of nitrogens with one attached hydrogen (secondary N) is 1. The van der Waals surface area contributed by atoms with Gasteiger partial charge in [0.05, 0.1) is 13.0 Å². The Hall–Kier alpha value is -1.79. The van der Waals surface area contributed by atoms with Crippen LogP contribution in [0.15, 0.2) is 54.6 Å². The van der Waals surface area contributed by atoms with E-state index in [1.807, 2.05) is 31.3 Å². The van der Waals surface area contributed by atoms with E-state index in [0.29, 0.717) is 6.54 Å². The van der Waals surface area contributed by atoms with Crippen LogP contribution < -0.4 is 10.1 Å². The molecule has 0 spiro atoms. The highest BCUT2D eigenvalue weighted by Gasteiger charge is 2.40. The van der Waals surface area contributed by atoms with Gasteiger partial charge in [-0.15, -0.1) is 24.8 Å². The van der Waals surface area contributed by atoms with Crippen molar-refractivity contribution in [3.8, 4) is 5.75 Å². The second-order valence-corrected chi connectivity index (χ2v) is 8.43. The molecule has 1 atom stereocenters. The summed E-state index contributed by atoms with van der Waals surface area (Å²) in [6.45, 7) is 2.23. The molecule has 2 aromatic carbocycles. The third kappa shape index (κ3) is 6.38. The summed E-state index contributed by atoms with van der Waals surface area (Å²) in [5.41, 5.74) is 2.39. The molecule has 1 amide bonds. The van der Waals surface area contributed by atoms with E-state index in [9.17, 15) is 4.79 Å². The Balaban J connectivity index is 0.00000256. The van der Waals surface area contributed by atoms with Gasteiger partial charge < -0.3 is 15.0 Å². The standard InChI is InChI=1S/C25H35N3O2.2ClH/c1-26-19-21(17-20-9-6-5-7-10-20)24(29)28-15-13-25(14-16-28,27(2)3)22-11-8-12-23(18-22)30-4;;/h5-12,18,21,26H,13-17,19H2,1-4H3;2*1H. The first-order valence-corrected chi connectivity index (χ1v) is 10.8. The smallest absolute Gasteiger partial charge is 0.227 e. The number of hydrogen-bond acceptors (Lipinski definition) is 4. The van der Waals surface area contributed by atoms with E-state index in [4.69, 9.17) is 4.74 Å². The van der Waals surface area contributed by atoms with Gasteiger partial charge in [0.1, 0.15) is 5.75 Å². The molecule has 1 aliphatic heterocycles. The van der Waals surface area contributed by atoms with Gasteiger partial charge in [0, 0.05) is 25.2 Å². The van der Waals surface area contributed by atoms with Crippen molar-refractivity contribution in [2.75, 3.05) is 47.9 Å². The lowest BCUT2D eigenvalue weighted by atomic mass is 9.79. The molecule has 1 saturated heterocycles. The Labute approximate surface area is 205 Å². The third-order valence-electron chi connectivity index (χ3n) is 6.49. The van der Waals surface area contributed by atoms with E-state index >= 15 is 0 Å². The zero-order chi connectivity index (χ0) is 21.6. The Bertz CT molecular complexity index is 825. The van der Waals surface area contributed by atoms with Crippen LogP contribution in [0.5, 0.6) is 5.75 Å². The molecule has 1 N–H and O–H groups in total. The number of amides is 1. The van der Waals surface area contributed by atoms with Gasteiger partial charge >= 0.3 is 0 Å². The topological polar surface area (TPSA) is 44.8 Å². The molecular weight excluding hydrogens is 445 g/mol. The van der Waals surface area contributed by atoms with Crippen LogP contribution in [0.4, 0.5) is 0 Å². The van der Waals surface area contributed by atoms with Crippen molar-refractivity contribution in [3.63, 3.8) is 0 Å². The first-order chi connectivity index (χ1) is 14.5. The van der Waals surface area contributed by atoms with Crippen LogP contribution in [0, 0.1) is 5.92 Å². The number of benzene rings is 2. The molecule has 3 rings (SSSR count). The normalized spacial score (nSPS) is 16.0. The molecule has 0 saturated carbocycles. The minimum absolute atomic E-state index is 0. The maximum absolute atomic E-state index is 13.4. The van der Waals surface area contributed by atoms with Crippen molar-refractivity contribution >= 4 is 30.7 Å². The number of rotatable bonds is 8. The number of nitrogens with zero attached hydrogens (tertiary/aromatic N) is 2. The number of likely N-dealkylation sites (tertiary alicyclic amines) is 1. The fourth-order valence-corrected chi connectivity index (χ4v) is 4.65. The molecule has 0 aliphatic carbocycles. The Morgan fingerprint density at radius 2 is 1.75 bits per heavy atom. The van der Waals surface area contributed by atoms with Crippen molar-refractivity contribution in [2.45, 2.75) is 24.8 Å². The van der Waals surface area contributed by atoms with Gasteiger partial charge in [-0.1, -0.05) is 42.5 Å². The first-order valence-electron chi connectivity index (χ1n) is 10.8. The summed E-state index contributed by atoms with van der Waals surface area (Å²) in [4.78, 5) is 17.7. The monoisotopic (exact) mass is 481 g/mol. The number of methoxy groups -OCH3 is 1. The van der Waals surface area contributed by atoms with E-state index in [0.717, 1.165) is 38.1 Å². The molecule has 0 radical (unpaired) electrons. The quantitative estimate of drug-likeness (QED) is 0.618. The molecule has 1 aliphatic rings. The van der Waals surface area contributed by atoms with E-state index in [-0.39, 0.29) is 42.2 Å². The van der Waals surface area contributed by atoms with Gasteiger partial charge in [-0.3, -0.25) is 9.69 Å². The summed E-state index contributed by atoms with van der Waals surface area (Å²) in [5.74, 6) is 1.09. The minimum Gasteiger partial charge on any atom is -0.497 e. The lowest BCUT2D eigenvalue weighted by Crippen LogP contribution is -2.53. The maximum Gasteiger partial charge on any atom is 0.227 e. The Kier molecular flexibility index (Phi) is 11.5. The van der Waals surface area contributed by atoms with Gasteiger partial charge in [0.25, 0.3) is 0 Å². The highest BCUT2D eigenvalue weighted by Crippen LogP contribution is 2.39. The van der Waals surface area contributed by atoms with Crippen LogP contribution in [0.3, 0.4) is 0 Å². The molecule has 178 valence electrons. The summed E-state index contributed by atoms with van der Waals surface area (Å²) in [7, 11) is 7.89. The maximum atomic E-state index is 13.4. The van der Waals surface area contributed by atoms with Gasteiger partial charge in [0.2, 0.25) is 5.91 Å². The van der Waals surface area contributed by atoms with Gasteiger partial charge in [-0.2, -0.15) is 0 Å². The van der Waals surface area contributed by atoms with Crippen molar-refractivity contribution in [1.82, 2.24) is 15.1 Å². The molecule has 5 nitrogen and oxygen atoms in total. The summed E-state index contributed by atoms with van der Waals surface area (Å²) in [5, 5.41) is 3.21. The van der Waals surface area contributed by atoms with Crippen LogP contribution >= 0.6 is 24.8 Å². The fraction of sp³-hybridized carbons (Fsp3) is 0.480. The van der Waals surface area contributed by atoms with Crippen LogP contribution in [-0.2, 0) is 16.8 Å². The summed E-state index contributed by atoms with van der Waals surface area (Å²) >= 11 is 0. The number of hydrogen-bond donors (Lipinski definition) is 1. The number of halogens is 2. The first kappa shape index (κ1) is 28.2. The zero-order valence-corrected chi connectivity index (χ0v) is 21.2. The molecule has 1 heterocycles. The summed E-state index contributed by atoms with van der Waals surface area (Å²) < 4.78 is 5.45. The highest BCUT2D eigenvalue weighted by molar-refractivity contribution is 5.85. The van der Waals surface area contributed by atoms with Gasteiger partial charge in [0.15, 0.2) is 0 Å². The average Bonchev–Trinajstić information content (AvgIpc) is 2.79. The number of ether oxygens (including phenoxy) is 1. The lowest BCUT2D eigenvalue weighted by molar-refractivity contribution is -0.138. The number of carbonyl (C=O) groups excluding carboxylic acids is 1. The third-order valence-corrected chi connectivity index (χ3v) is 6.49. The number of piperidine rings is 1. The zero-order valence-electron chi connectivity index (χ0n) is 19.5. The van der Waals surface area contributed by atoms with Gasteiger partial charge in [-0.05, 0) is 63.7 Å². The Morgan fingerprint density at radius 3 is 2.31 bits per heavy atom. The molecule has 0 aromatic heterocycles. The number of carbonyl (C=O) groups is 1. The highest BCUT2D eigenvalue weighted by atomic mass is 35.5. The van der Waals surface area contributed by atoms with E-state index < -0.39 is 0 Å². The SMILES string of the molecule is CNCC(Cc1ccccc1)C(=O)N1CCC(c2cccc(OC)c2)(N(C)C)CC1.Cl.Cl. The van der Waals surface area contributed by atoms with E-state index in [1.165, 1.54) is 11.1 Å². The summed E-state index contributed by atoms with van der Waals surface area (Å²) in [6, 6.07) is 18.7. The molecule has 32 heavy (non-hydrogen) atoms. The molecule has 7 heteroatoms. The fourth-order valence-electron chi connectivity index (χ4n) is 4.65. The second-order valence-electron chi connectivity index (χ2n) is 8.43. The van der Waals surface area contributed by atoms with E-state index in [1.54, 1.807) is 7.11 Å². The van der Waals surface area contributed by atoms with Crippen molar-refractivity contribution in [3.05, 3.63) is 65.7 Å². The summed E-state index contributed by atoms with van der Waals surface area (Å²) in [6.07, 6.45) is 2.60. The largest absolute Gasteiger partial charge is 0.497 e. The minimum atomic E-state index is -0.0801. The van der Waals surface area contributed by atoms with Gasteiger partial charge in [-0.25, -0.2) is 0 Å². The molecule has 1 fully saturated rings. The second kappa shape index (κ2) is 13.0. The van der Waals surface area contributed by atoms with Crippen LogP contribution in [0.2, 0.25) is 0 Å². The van der Waals surface area contributed by atoms with Crippen LogP contribution in [0.1, 0.15) is 24.0 Å². The molecule has 0 bridgehead atoms. The van der Waals surface area contributed by atoms with E-state index in [2.05, 4.69) is 59.5 Å². The van der Waals surface area contributed by atoms with Crippen molar-refractivity contribution < 1.29 is 9.53 Å². The Morgan fingerprint density at radius 1 is 1.09 bits per heavy atom. The lowest BCUT2D eigenvalue weighted by Gasteiger charge is -2.47. The molecular formula is C25H37Cl2N3O2.